The molecule has 6 nitrogen and oxygen atoms in total. The molecule has 2 heterocycles. The van der Waals surface area contributed by atoms with Crippen LogP contribution in [0.4, 0.5) is 24.7 Å². The second-order valence-corrected chi connectivity index (χ2v) is 8.10. The van der Waals surface area contributed by atoms with E-state index in [4.69, 9.17) is 10.5 Å². The lowest BCUT2D eigenvalue weighted by Crippen LogP contribution is -2.44. The van der Waals surface area contributed by atoms with Gasteiger partial charge in [0, 0.05) is 24.8 Å². The van der Waals surface area contributed by atoms with Gasteiger partial charge in [-0.1, -0.05) is 18.2 Å². The molecule has 1 aliphatic heterocycles. The number of benzene rings is 2. The Hall–Kier alpha value is -3.43. The lowest BCUT2D eigenvalue weighted by molar-refractivity contribution is -0.137. The van der Waals surface area contributed by atoms with Crippen molar-refractivity contribution in [3.8, 4) is 11.1 Å². The normalized spacial score (nSPS) is 17.1. The molecule has 3 aromatic rings. The van der Waals surface area contributed by atoms with Crippen molar-refractivity contribution in [2.75, 3.05) is 31.2 Å². The van der Waals surface area contributed by atoms with E-state index in [0.717, 1.165) is 34.6 Å². The molecule has 3 N–H and O–H groups in total. The molecule has 1 saturated heterocycles. The summed E-state index contributed by atoms with van der Waals surface area (Å²) in [5.41, 5.74) is 8.84. The Morgan fingerprint density at radius 2 is 2.03 bits per heavy atom. The fourth-order valence-electron chi connectivity index (χ4n) is 3.85. The topological polar surface area (TPSA) is 84.0 Å². The summed E-state index contributed by atoms with van der Waals surface area (Å²) >= 11 is 0. The van der Waals surface area contributed by atoms with E-state index in [9.17, 15) is 18.3 Å². The number of aromatic nitrogens is 1. The monoisotopic (exact) mass is 470 g/mol. The van der Waals surface area contributed by atoms with Crippen LogP contribution in [0.1, 0.15) is 16.7 Å². The predicted octanol–water partition coefficient (Wildman–Crippen LogP) is 4.31. The van der Waals surface area contributed by atoms with Gasteiger partial charge >= 0.3 is 6.18 Å². The van der Waals surface area contributed by atoms with Crippen LogP contribution in [0.3, 0.4) is 0 Å². The molecule has 9 heteroatoms. The number of rotatable bonds is 5. The summed E-state index contributed by atoms with van der Waals surface area (Å²) in [6.07, 6.45) is -2.98. The van der Waals surface area contributed by atoms with Crippen LogP contribution in [0.2, 0.25) is 0 Å². The van der Waals surface area contributed by atoms with Crippen LogP contribution in [0.15, 0.2) is 65.8 Å². The number of nitrogens with zero attached hydrogens (tertiary/aromatic N) is 3. The molecule has 1 fully saturated rings. The Kier molecular flexibility index (Phi) is 6.85. The number of aliphatic hydroxyl groups excluding tert-OH is 1. The van der Waals surface area contributed by atoms with E-state index in [2.05, 4.69) is 14.9 Å². The van der Waals surface area contributed by atoms with Crippen molar-refractivity contribution in [2.24, 2.45) is 10.7 Å². The van der Waals surface area contributed by atoms with Crippen molar-refractivity contribution < 1.29 is 23.0 Å². The number of aliphatic imine (C=N–C) groups is 1. The molecule has 0 saturated carbocycles. The molecule has 0 unspecified atom stereocenters. The third kappa shape index (κ3) is 5.37. The fourth-order valence-corrected chi connectivity index (χ4v) is 3.85. The maximum atomic E-state index is 13.0. The fraction of sp³-hybridized carbons (Fsp3) is 0.280. The summed E-state index contributed by atoms with van der Waals surface area (Å²) in [6, 6.07) is 14.2. The summed E-state index contributed by atoms with van der Waals surface area (Å²) in [7, 11) is 0. The predicted molar refractivity (Wildman–Crippen MR) is 125 cm³/mol. The highest BCUT2D eigenvalue weighted by Gasteiger charge is 2.30. The first-order valence-electron chi connectivity index (χ1n) is 10.8. The average molecular weight is 470 g/mol. The van der Waals surface area contributed by atoms with E-state index >= 15 is 0 Å². The number of pyridine rings is 1. The molecule has 34 heavy (non-hydrogen) atoms. The van der Waals surface area contributed by atoms with Crippen molar-refractivity contribution in [1.82, 2.24) is 4.98 Å². The first-order valence-corrected chi connectivity index (χ1v) is 10.8. The molecule has 1 aromatic heterocycles. The van der Waals surface area contributed by atoms with Crippen LogP contribution in [-0.4, -0.2) is 48.3 Å². The van der Waals surface area contributed by atoms with Gasteiger partial charge in [-0.15, -0.1) is 0 Å². The molecule has 0 bridgehead atoms. The Balaban J connectivity index is 1.63. The van der Waals surface area contributed by atoms with Gasteiger partial charge in [0.15, 0.2) is 0 Å². The van der Waals surface area contributed by atoms with E-state index < -0.39 is 11.7 Å². The molecule has 0 aliphatic carbocycles. The summed E-state index contributed by atoms with van der Waals surface area (Å²) in [4.78, 5) is 10.9. The molecule has 1 aliphatic rings. The summed E-state index contributed by atoms with van der Waals surface area (Å²) in [5, 5.41) is 9.41. The maximum Gasteiger partial charge on any atom is 0.416 e. The quantitative estimate of drug-likeness (QED) is 0.429. The highest BCUT2D eigenvalue weighted by atomic mass is 19.4. The zero-order valence-corrected chi connectivity index (χ0v) is 18.6. The minimum absolute atomic E-state index is 0.000294. The van der Waals surface area contributed by atoms with E-state index in [1.54, 1.807) is 12.3 Å². The van der Waals surface area contributed by atoms with Gasteiger partial charge in [0.25, 0.3) is 0 Å². The Bertz CT molecular complexity index is 1200. The average Bonchev–Trinajstić information content (AvgIpc) is 2.85. The minimum Gasteiger partial charge on any atom is -0.394 e. The minimum atomic E-state index is -4.45. The van der Waals surface area contributed by atoms with Crippen molar-refractivity contribution in [3.63, 3.8) is 0 Å². The molecule has 0 spiro atoms. The maximum absolute atomic E-state index is 13.0. The summed E-state index contributed by atoms with van der Waals surface area (Å²) < 4.78 is 44.6. The van der Waals surface area contributed by atoms with E-state index in [0.29, 0.717) is 25.4 Å². The van der Waals surface area contributed by atoms with Crippen molar-refractivity contribution in [1.29, 1.82) is 0 Å². The molecule has 0 radical (unpaired) electrons. The van der Waals surface area contributed by atoms with Gasteiger partial charge in [0.05, 0.1) is 30.6 Å². The zero-order chi connectivity index (χ0) is 24.3. The first kappa shape index (κ1) is 23.7. The van der Waals surface area contributed by atoms with Gasteiger partial charge in [-0.05, 0) is 60.0 Å². The smallest absolute Gasteiger partial charge is 0.394 e. The van der Waals surface area contributed by atoms with E-state index in [1.165, 1.54) is 12.1 Å². The lowest BCUT2D eigenvalue weighted by Gasteiger charge is -2.33. The molecular weight excluding hydrogens is 445 g/mol. The van der Waals surface area contributed by atoms with Gasteiger partial charge in [-0.25, -0.2) is 9.98 Å². The van der Waals surface area contributed by atoms with Crippen LogP contribution in [0.25, 0.3) is 11.1 Å². The number of hydrogen-bond donors (Lipinski definition) is 2. The highest BCUT2D eigenvalue weighted by molar-refractivity contribution is 5.99. The van der Waals surface area contributed by atoms with Crippen LogP contribution < -0.4 is 10.6 Å². The van der Waals surface area contributed by atoms with Crippen molar-refractivity contribution >= 4 is 17.3 Å². The number of amidine groups is 1. The lowest BCUT2D eigenvalue weighted by atomic mass is 10.0. The van der Waals surface area contributed by atoms with Gasteiger partial charge in [0.1, 0.15) is 11.7 Å². The Morgan fingerprint density at radius 1 is 1.21 bits per heavy atom. The molecule has 178 valence electrons. The number of alkyl halides is 3. The van der Waals surface area contributed by atoms with Crippen LogP contribution in [0.5, 0.6) is 0 Å². The third-order valence-corrected chi connectivity index (χ3v) is 5.68. The van der Waals surface area contributed by atoms with Gasteiger partial charge < -0.3 is 20.5 Å². The van der Waals surface area contributed by atoms with Gasteiger partial charge in [-0.2, -0.15) is 13.2 Å². The number of hydrogen-bond acceptors (Lipinski definition) is 5. The molecule has 2 aromatic carbocycles. The molecule has 1 atom stereocenters. The number of halogens is 3. The number of nitrogens with two attached hydrogens (primary N) is 1. The number of aryl methyl sites for hydroxylation is 1. The Labute approximate surface area is 195 Å². The second kappa shape index (κ2) is 9.82. The molecule has 0 amide bonds. The summed E-state index contributed by atoms with van der Waals surface area (Å²) in [5.74, 6) is 0.774. The van der Waals surface area contributed by atoms with Crippen molar-refractivity contribution in [2.45, 2.75) is 19.2 Å². The van der Waals surface area contributed by atoms with Crippen molar-refractivity contribution in [3.05, 3.63) is 77.5 Å². The molecular formula is C25H25F3N4O2. The number of morpholine rings is 1. The van der Waals surface area contributed by atoms with E-state index in [-0.39, 0.29) is 24.1 Å². The standard InChI is InChI=1S/C25H25F3N4O2/c1-16-5-6-20(31-24(29)18-3-2-4-19(11-18)25(26,27)28)13-22(16)17-7-8-30-23(12-17)32-9-10-34-21(14-32)15-33/h2-8,11-13,21,33H,9-10,14-15H2,1H3,(H2,29,31)/t21-/m0/s1. The highest BCUT2D eigenvalue weighted by Crippen LogP contribution is 2.31. The first-order chi connectivity index (χ1) is 16.2. The van der Waals surface area contributed by atoms with Gasteiger partial charge in [-0.3, -0.25) is 0 Å². The Morgan fingerprint density at radius 3 is 2.79 bits per heavy atom. The zero-order valence-electron chi connectivity index (χ0n) is 18.6. The number of ether oxygens (including phenoxy) is 1. The van der Waals surface area contributed by atoms with E-state index in [1.807, 2.05) is 31.2 Å². The van der Waals surface area contributed by atoms with Crippen LogP contribution in [-0.2, 0) is 10.9 Å². The third-order valence-electron chi connectivity index (χ3n) is 5.68. The van der Waals surface area contributed by atoms with Crippen LogP contribution >= 0.6 is 0 Å². The number of anilines is 1. The summed E-state index contributed by atoms with van der Waals surface area (Å²) in [6.45, 7) is 3.64. The largest absolute Gasteiger partial charge is 0.416 e. The van der Waals surface area contributed by atoms with Gasteiger partial charge in [0.2, 0.25) is 0 Å². The molecule has 4 rings (SSSR count). The SMILES string of the molecule is Cc1ccc(N=C(N)c2cccc(C(F)(F)F)c2)cc1-c1ccnc(N2CCO[C@H](CO)C2)c1. The number of aliphatic hydroxyl groups is 1. The second-order valence-electron chi connectivity index (χ2n) is 8.10. The van der Waals surface area contributed by atoms with Crippen LogP contribution in [0, 0.1) is 6.92 Å².